The second-order valence-corrected chi connectivity index (χ2v) is 11.9. The van der Waals surface area contributed by atoms with Gasteiger partial charge in [-0.2, -0.15) is 0 Å². The highest BCUT2D eigenvalue weighted by Gasteiger charge is 2.56. The first-order valence-electron chi connectivity index (χ1n) is 15.3. The van der Waals surface area contributed by atoms with Gasteiger partial charge >= 0.3 is 11.9 Å². The largest absolute Gasteiger partial charge is 0.479 e. The van der Waals surface area contributed by atoms with Crippen LogP contribution in [0.4, 0.5) is 0 Å². The standard InChI is InChI=1S/C26H43NO23/c27-1-2-43-23-12(35)9(32)16(5(3-28)44-23)47-26-15(38)18(14(37)20(50-26)22(41)42)48-24-13(36)10(33)17(6(4-29)45-24)46-25-11(34)7(30)8(31)19(49-25)21(39)40/h5-20,23-26,28-38H,1-4,27H2,(H,39,40)(H,41,42)/t5?,6?,7?,8?,9-,10?,11?,12?,13?,14?,15?,16?,17?,18?,19?,20?,23?,24?,25?,26?/m1/s1. The Labute approximate surface area is 281 Å². The molecule has 0 spiro atoms. The van der Waals surface area contributed by atoms with Gasteiger partial charge in [0.25, 0.3) is 0 Å². The van der Waals surface area contributed by atoms with Gasteiger partial charge in [-0.15, -0.1) is 0 Å². The van der Waals surface area contributed by atoms with Crippen molar-refractivity contribution < 1.29 is 114 Å². The summed E-state index contributed by atoms with van der Waals surface area (Å²) in [6, 6.07) is 0. The number of hydrogen-bond acceptors (Lipinski definition) is 22. The zero-order valence-corrected chi connectivity index (χ0v) is 25.8. The molecule has 24 heteroatoms. The van der Waals surface area contributed by atoms with Gasteiger partial charge in [-0.05, 0) is 0 Å². The second kappa shape index (κ2) is 17.3. The van der Waals surface area contributed by atoms with Gasteiger partial charge in [-0.3, -0.25) is 0 Å². The van der Waals surface area contributed by atoms with Crippen molar-refractivity contribution in [3.05, 3.63) is 0 Å². The molecule has 0 aromatic heterocycles. The predicted octanol–water partition coefficient (Wildman–Crippen LogP) is -9.58. The summed E-state index contributed by atoms with van der Waals surface area (Å²) >= 11 is 0. The van der Waals surface area contributed by atoms with E-state index in [1.54, 1.807) is 0 Å². The quantitative estimate of drug-likeness (QED) is 0.0834. The summed E-state index contributed by atoms with van der Waals surface area (Å²) in [6.45, 7) is -1.98. The summed E-state index contributed by atoms with van der Waals surface area (Å²) in [5.74, 6) is -3.57. The predicted molar refractivity (Wildman–Crippen MR) is 148 cm³/mol. The van der Waals surface area contributed by atoms with Crippen molar-refractivity contribution >= 4 is 11.9 Å². The highest BCUT2D eigenvalue weighted by Crippen LogP contribution is 2.34. The third kappa shape index (κ3) is 8.35. The van der Waals surface area contributed by atoms with Crippen LogP contribution in [0.1, 0.15) is 0 Å². The summed E-state index contributed by atoms with van der Waals surface area (Å²) in [5.41, 5.74) is 5.36. The molecule has 0 bridgehead atoms. The molecule has 4 aliphatic heterocycles. The van der Waals surface area contributed by atoms with Crippen LogP contribution in [-0.4, -0.2) is 228 Å². The molecule has 290 valence electrons. The number of carbonyl (C=O) groups is 2. The van der Waals surface area contributed by atoms with E-state index in [0.29, 0.717) is 0 Å². The Bertz CT molecular complexity index is 1120. The first kappa shape index (κ1) is 40.9. The van der Waals surface area contributed by atoms with Gasteiger partial charge in [0.1, 0.15) is 85.5 Å². The van der Waals surface area contributed by atoms with Gasteiger partial charge in [0.2, 0.25) is 0 Å². The molecule has 24 nitrogen and oxygen atoms in total. The van der Waals surface area contributed by atoms with Gasteiger partial charge in [-0.25, -0.2) is 9.59 Å². The normalized spacial score (nSPS) is 48.6. The van der Waals surface area contributed by atoms with E-state index in [4.69, 9.17) is 43.6 Å². The first-order chi connectivity index (χ1) is 23.6. The Hall–Kier alpha value is -1.86. The molecule has 4 fully saturated rings. The van der Waals surface area contributed by atoms with Crippen LogP contribution in [-0.2, 0) is 47.5 Å². The van der Waals surface area contributed by atoms with Crippen LogP contribution >= 0.6 is 0 Å². The average molecular weight is 738 g/mol. The Kier molecular flexibility index (Phi) is 14.2. The molecular weight excluding hydrogens is 694 g/mol. The smallest absolute Gasteiger partial charge is 0.335 e. The van der Waals surface area contributed by atoms with Crippen molar-refractivity contribution in [2.24, 2.45) is 5.73 Å². The van der Waals surface area contributed by atoms with E-state index in [2.05, 4.69) is 0 Å². The second-order valence-electron chi connectivity index (χ2n) is 11.9. The molecule has 19 unspecified atom stereocenters. The van der Waals surface area contributed by atoms with Crippen LogP contribution in [0, 0.1) is 0 Å². The van der Waals surface area contributed by atoms with E-state index in [9.17, 15) is 76.0 Å². The van der Waals surface area contributed by atoms with E-state index < -0.39 is 148 Å². The van der Waals surface area contributed by atoms with Gasteiger partial charge in [0.05, 0.1) is 19.8 Å². The molecule has 4 heterocycles. The fourth-order valence-corrected chi connectivity index (χ4v) is 5.82. The molecule has 0 amide bonds. The molecule has 0 aromatic carbocycles. The van der Waals surface area contributed by atoms with E-state index >= 15 is 0 Å². The molecule has 20 atom stereocenters. The zero-order valence-electron chi connectivity index (χ0n) is 25.8. The van der Waals surface area contributed by atoms with Crippen molar-refractivity contribution in [1.29, 1.82) is 0 Å². The van der Waals surface area contributed by atoms with E-state index in [1.807, 2.05) is 0 Å². The van der Waals surface area contributed by atoms with Crippen LogP contribution in [0.2, 0.25) is 0 Å². The van der Waals surface area contributed by atoms with Crippen LogP contribution in [0.5, 0.6) is 0 Å². The third-order valence-corrected chi connectivity index (χ3v) is 8.51. The summed E-state index contributed by atoms with van der Waals surface area (Å²) in [4.78, 5) is 23.4. The molecule has 0 radical (unpaired) electrons. The fourth-order valence-electron chi connectivity index (χ4n) is 5.82. The zero-order chi connectivity index (χ0) is 37.2. The van der Waals surface area contributed by atoms with Crippen LogP contribution in [0.3, 0.4) is 0 Å². The number of carboxylic acid groups (broad SMARTS) is 2. The number of ether oxygens (including phenoxy) is 8. The number of aliphatic carboxylic acids is 2. The molecule has 0 aliphatic carbocycles. The van der Waals surface area contributed by atoms with Gasteiger partial charge in [0.15, 0.2) is 37.4 Å². The molecule has 0 saturated carbocycles. The van der Waals surface area contributed by atoms with Crippen molar-refractivity contribution in [2.45, 2.75) is 123 Å². The Morgan fingerprint density at radius 3 is 1.38 bits per heavy atom. The molecule has 15 N–H and O–H groups in total. The number of aliphatic hydroxyl groups is 11. The lowest BCUT2D eigenvalue weighted by Gasteiger charge is -2.48. The molecule has 0 aromatic rings. The van der Waals surface area contributed by atoms with Crippen LogP contribution in [0.25, 0.3) is 0 Å². The topological polar surface area (TPSA) is 397 Å². The highest BCUT2D eigenvalue weighted by atomic mass is 16.8. The number of rotatable bonds is 13. The molecule has 4 saturated heterocycles. The maximum absolute atomic E-state index is 12.0. The molecule has 4 rings (SSSR count). The van der Waals surface area contributed by atoms with Gasteiger partial charge in [0, 0.05) is 6.54 Å². The minimum Gasteiger partial charge on any atom is -0.479 e. The lowest BCUT2D eigenvalue weighted by atomic mass is 9.95. The van der Waals surface area contributed by atoms with Crippen LogP contribution in [0.15, 0.2) is 0 Å². The van der Waals surface area contributed by atoms with E-state index in [-0.39, 0.29) is 13.2 Å². The first-order valence-corrected chi connectivity index (χ1v) is 15.3. The minimum atomic E-state index is -2.25. The van der Waals surface area contributed by atoms with Crippen LogP contribution < -0.4 is 5.73 Å². The Balaban J connectivity index is 1.50. The molecule has 4 aliphatic rings. The van der Waals surface area contributed by atoms with Crippen molar-refractivity contribution in [1.82, 2.24) is 0 Å². The number of nitrogens with two attached hydrogens (primary N) is 1. The van der Waals surface area contributed by atoms with Gasteiger partial charge < -0.3 is 110 Å². The SMILES string of the molecule is NCCOC1OC(CO)C(OC2OC(C(=O)O)C(O)C(OC3OC(CO)C(OC4OC(C(=O)O)C(O)C(O)C4O)C(O)C3O)C2O)[C@H](O)C1O. The van der Waals surface area contributed by atoms with Crippen molar-refractivity contribution in [3.8, 4) is 0 Å². The Morgan fingerprint density at radius 1 is 0.500 bits per heavy atom. The fraction of sp³-hybridized carbons (Fsp3) is 0.923. The minimum absolute atomic E-state index is 0.0123. The number of hydrogen-bond donors (Lipinski definition) is 14. The lowest BCUT2D eigenvalue weighted by molar-refractivity contribution is -0.385. The lowest BCUT2D eigenvalue weighted by Crippen LogP contribution is -2.68. The third-order valence-electron chi connectivity index (χ3n) is 8.51. The molecule has 50 heavy (non-hydrogen) atoms. The maximum Gasteiger partial charge on any atom is 0.335 e. The van der Waals surface area contributed by atoms with E-state index in [1.165, 1.54) is 0 Å². The maximum atomic E-state index is 12.0. The number of carboxylic acids is 2. The van der Waals surface area contributed by atoms with Gasteiger partial charge in [-0.1, -0.05) is 0 Å². The van der Waals surface area contributed by atoms with Crippen molar-refractivity contribution in [2.75, 3.05) is 26.4 Å². The average Bonchev–Trinajstić information content (AvgIpc) is 3.08. The monoisotopic (exact) mass is 737 g/mol. The molecular formula is C26H43NO23. The highest BCUT2D eigenvalue weighted by molar-refractivity contribution is 5.73. The Morgan fingerprint density at radius 2 is 0.900 bits per heavy atom. The summed E-state index contributed by atoms with van der Waals surface area (Å²) in [7, 11) is 0. The van der Waals surface area contributed by atoms with Crippen molar-refractivity contribution in [3.63, 3.8) is 0 Å². The van der Waals surface area contributed by atoms with E-state index in [0.717, 1.165) is 0 Å². The summed E-state index contributed by atoms with van der Waals surface area (Å²) in [5, 5.41) is 134. The summed E-state index contributed by atoms with van der Waals surface area (Å²) in [6.07, 6.45) is -39.7. The summed E-state index contributed by atoms with van der Waals surface area (Å²) < 4.78 is 42.7. The number of aliphatic hydroxyl groups excluding tert-OH is 11.